The molecule has 142 valence electrons. The van der Waals surface area contributed by atoms with Gasteiger partial charge in [-0.25, -0.2) is 8.42 Å². The summed E-state index contributed by atoms with van der Waals surface area (Å²) in [7, 11) is -3.52. The van der Waals surface area contributed by atoms with Gasteiger partial charge >= 0.3 is 0 Å². The molecule has 3 heterocycles. The molecule has 7 nitrogen and oxygen atoms in total. The Kier molecular flexibility index (Phi) is 5.51. The highest BCUT2D eigenvalue weighted by molar-refractivity contribution is 7.89. The van der Waals surface area contributed by atoms with Gasteiger partial charge in [0.25, 0.3) is 0 Å². The minimum Gasteiger partial charge on any atom is -0.302 e. The molecule has 2 fully saturated rings. The SMILES string of the molecule is O=S(=O)(c1cccc2nsnc12)N1CCN(CCN2CCCCC2)CC1. The molecule has 2 saturated heterocycles. The molecule has 1 aromatic heterocycles. The number of aromatic nitrogens is 2. The van der Waals surface area contributed by atoms with E-state index in [1.807, 2.05) is 0 Å². The smallest absolute Gasteiger partial charge is 0.245 e. The van der Waals surface area contributed by atoms with Gasteiger partial charge in [0.05, 0.1) is 11.7 Å². The average Bonchev–Trinajstić information content (AvgIpc) is 3.16. The first-order valence-electron chi connectivity index (χ1n) is 9.31. The third kappa shape index (κ3) is 3.77. The summed E-state index contributed by atoms with van der Waals surface area (Å²) < 4.78 is 36.0. The first-order chi connectivity index (χ1) is 12.6. The maximum Gasteiger partial charge on any atom is 0.245 e. The Morgan fingerprint density at radius 2 is 1.58 bits per heavy atom. The van der Waals surface area contributed by atoms with Gasteiger partial charge in [0.15, 0.2) is 0 Å². The van der Waals surface area contributed by atoms with Gasteiger partial charge in [-0.15, -0.1) is 0 Å². The van der Waals surface area contributed by atoms with Crippen LogP contribution < -0.4 is 0 Å². The van der Waals surface area contributed by atoms with Crippen molar-refractivity contribution in [3.05, 3.63) is 18.2 Å². The van der Waals surface area contributed by atoms with Crippen molar-refractivity contribution in [2.24, 2.45) is 0 Å². The maximum atomic E-state index is 13.0. The number of rotatable bonds is 5. The molecular formula is C17H25N5O2S2. The molecule has 4 rings (SSSR count). The van der Waals surface area contributed by atoms with E-state index < -0.39 is 10.0 Å². The van der Waals surface area contributed by atoms with E-state index in [0.29, 0.717) is 24.1 Å². The Morgan fingerprint density at radius 1 is 0.885 bits per heavy atom. The van der Waals surface area contributed by atoms with E-state index in [1.54, 1.807) is 22.5 Å². The second-order valence-electron chi connectivity index (χ2n) is 7.04. The topological polar surface area (TPSA) is 69.6 Å². The Bertz CT molecular complexity index is 840. The van der Waals surface area contributed by atoms with Gasteiger partial charge in [0.1, 0.15) is 15.9 Å². The number of hydrogen-bond donors (Lipinski definition) is 0. The van der Waals surface area contributed by atoms with Crippen molar-refractivity contribution in [2.75, 3.05) is 52.4 Å². The van der Waals surface area contributed by atoms with Crippen LogP contribution in [0.15, 0.2) is 23.1 Å². The first kappa shape index (κ1) is 18.2. The van der Waals surface area contributed by atoms with Crippen molar-refractivity contribution in [1.29, 1.82) is 0 Å². The molecule has 2 aliphatic heterocycles. The number of fused-ring (bicyclic) bond motifs is 1. The molecule has 0 aliphatic carbocycles. The van der Waals surface area contributed by atoms with Gasteiger partial charge < -0.3 is 4.90 Å². The zero-order chi connectivity index (χ0) is 18.0. The van der Waals surface area contributed by atoms with E-state index in [-0.39, 0.29) is 4.90 Å². The minimum absolute atomic E-state index is 0.283. The van der Waals surface area contributed by atoms with Crippen LogP contribution in [0.25, 0.3) is 11.0 Å². The quantitative estimate of drug-likeness (QED) is 0.764. The molecular weight excluding hydrogens is 370 g/mol. The lowest BCUT2D eigenvalue weighted by molar-refractivity contribution is 0.149. The predicted octanol–water partition coefficient (Wildman–Crippen LogP) is 1.48. The molecule has 1 aromatic carbocycles. The highest BCUT2D eigenvalue weighted by Gasteiger charge is 2.30. The van der Waals surface area contributed by atoms with E-state index in [1.165, 1.54) is 32.4 Å². The third-order valence-electron chi connectivity index (χ3n) is 5.38. The summed E-state index contributed by atoms with van der Waals surface area (Å²) in [6.45, 7) is 7.19. The van der Waals surface area contributed by atoms with Crippen LogP contribution in [0, 0.1) is 0 Å². The summed E-state index contributed by atoms with van der Waals surface area (Å²) in [4.78, 5) is 5.19. The Morgan fingerprint density at radius 3 is 2.31 bits per heavy atom. The monoisotopic (exact) mass is 395 g/mol. The zero-order valence-corrected chi connectivity index (χ0v) is 16.5. The van der Waals surface area contributed by atoms with Gasteiger partial charge in [-0.2, -0.15) is 13.1 Å². The highest BCUT2D eigenvalue weighted by atomic mass is 32.2. The second-order valence-corrected chi connectivity index (χ2v) is 9.47. The highest BCUT2D eigenvalue weighted by Crippen LogP contribution is 2.25. The van der Waals surface area contributed by atoms with Crippen LogP contribution in [0.5, 0.6) is 0 Å². The normalized spacial score (nSPS) is 21.4. The Balaban J connectivity index is 1.37. The lowest BCUT2D eigenvalue weighted by Crippen LogP contribution is -2.50. The summed E-state index contributed by atoms with van der Waals surface area (Å²) >= 11 is 1.05. The first-order valence-corrected chi connectivity index (χ1v) is 11.5. The van der Waals surface area contributed by atoms with Crippen molar-refractivity contribution >= 4 is 32.8 Å². The number of sulfonamides is 1. The average molecular weight is 396 g/mol. The van der Waals surface area contributed by atoms with Crippen LogP contribution in [0.2, 0.25) is 0 Å². The van der Waals surface area contributed by atoms with E-state index in [2.05, 4.69) is 18.5 Å². The molecule has 0 radical (unpaired) electrons. The van der Waals surface area contributed by atoms with Crippen molar-refractivity contribution < 1.29 is 8.42 Å². The van der Waals surface area contributed by atoms with Gasteiger partial charge in [-0.05, 0) is 38.1 Å². The fourth-order valence-corrected chi connectivity index (χ4v) is 5.96. The third-order valence-corrected chi connectivity index (χ3v) is 7.85. The van der Waals surface area contributed by atoms with E-state index in [9.17, 15) is 8.42 Å². The molecule has 26 heavy (non-hydrogen) atoms. The van der Waals surface area contributed by atoms with E-state index in [0.717, 1.165) is 37.9 Å². The van der Waals surface area contributed by atoms with Crippen molar-refractivity contribution in [1.82, 2.24) is 22.9 Å². The second kappa shape index (κ2) is 7.85. The Hall–Kier alpha value is -1.13. The molecule has 0 unspecified atom stereocenters. The van der Waals surface area contributed by atoms with Crippen molar-refractivity contribution in [3.8, 4) is 0 Å². The number of piperazine rings is 1. The maximum absolute atomic E-state index is 13.0. The zero-order valence-electron chi connectivity index (χ0n) is 14.9. The standard InChI is InChI=1S/C17H25N5O2S2/c23-26(24,16-6-4-5-15-17(16)19-25-18-15)22-13-11-21(12-14-22)10-9-20-7-2-1-3-8-20/h4-6H,1-3,7-14H2. The number of benzene rings is 1. The fraction of sp³-hybridized carbons (Fsp3) is 0.647. The number of nitrogens with zero attached hydrogens (tertiary/aromatic N) is 5. The lowest BCUT2D eigenvalue weighted by Gasteiger charge is -2.35. The largest absolute Gasteiger partial charge is 0.302 e. The molecule has 0 spiro atoms. The molecule has 9 heteroatoms. The summed E-state index contributed by atoms with van der Waals surface area (Å²) in [6.07, 6.45) is 3.97. The van der Waals surface area contributed by atoms with Gasteiger partial charge in [0, 0.05) is 39.3 Å². The predicted molar refractivity (Wildman–Crippen MR) is 103 cm³/mol. The van der Waals surface area contributed by atoms with Crippen LogP contribution >= 0.6 is 11.7 Å². The van der Waals surface area contributed by atoms with Crippen LogP contribution in [0.3, 0.4) is 0 Å². The minimum atomic E-state index is -3.52. The van der Waals surface area contributed by atoms with Gasteiger partial charge in [-0.3, -0.25) is 4.90 Å². The van der Waals surface area contributed by atoms with Crippen molar-refractivity contribution in [2.45, 2.75) is 24.2 Å². The van der Waals surface area contributed by atoms with Crippen LogP contribution in [-0.4, -0.2) is 83.6 Å². The van der Waals surface area contributed by atoms with Crippen LogP contribution in [0.4, 0.5) is 0 Å². The molecule has 0 N–H and O–H groups in total. The van der Waals surface area contributed by atoms with Crippen LogP contribution in [0.1, 0.15) is 19.3 Å². The molecule has 0 bridgehead atoms. The van der Waals surface area contributed by atoms with Gasteiger partial charge in [-0.1, -0.05) is 12.5 Å². The summed E-state index contributed by atoms with van der Waals surface area (Å²) in [5.41, 5.74) is 1.14. The fourth-order valence-electron chi connectivity index (χ4n) is 3.79. The molecule has 2 aliphatic rings. The molecule has 2 aromatic rings. The molecule has 0 saturated carbocycles. The molecule has 0 atom stereocenters. The number of hydrogen-bond acceptors (Lipinski definition) is 7. The molecule has 0 amide bonds. The lowest BCUT2D eigenvalue weighted by atomic mass is 10.1. The summed E-state index contributed by atoms with van der Waals surface area (Å²) in [5.74, 6) is 0. The number of piperidine rings is 1. The Labute approximate surface area is 159 Å². The summed E-state index contributed by atoms with van der Waals surface area (Å²) in [5, 5.41) is 0. The van der Waals surface area contributed by atoms with Crippen molar-refractivity contribution in [3.63, 3.8) is 0 Å². The van der Waals surface area contributed by atoms with E-state index >= 15 is 0 Å². The number of likely N-dealkylation sites (tertiary alicyclic amines) is 1. The van der Waals surface area contributed by atoms with Crippen LogP contribution in [-0.2, 0) is 10.0 Å². The van der Waals surface area contributed by atoms with Gasteiger partial charge in [0.2, 0.25) is 10.0 Å². The summed E-state index contributed by atoms with van der Waals surface area (Å²) in [6, 6.07) is 5.18. The van der Waals surface area contributed by atoms with E-state index in [4.69, 9.17) is 0 Å².